The van der Waals surface area contributed by atoms with E-state index in [1.807, 2.05) is 48.6 Å². The summed E-state index contributed by atoms with van der Waals surface area (Å²) in [4.78, 5) is 26.8. The molecule has 2 rings (SSSR count). The van der Waals surface area contributed by atoms with E-state index in [4.69, 9.17) is 4.74 Å². The molecule has 0 saturated heterocycles. The van der Waals surface area contributed by atoms with Gasteiger partial charge in [0.15, 0.2) is 0 Å². The molecule has 1 N–H and O–H groups in total. The second-order valence-electron chi connectivity index (χ2n) is 7.09. The summed E-state index contributed by atoms with van der Waals surface area (Å²) in [6.07, 6.45) is 3.98. The zero-order chi connectivity index (χ0) is 20.7. The van der Waals surface area contributed by atoms with Crippen molar-refractivity contribution in [1.82, 2.24) is 0 Å². The van der Waals surface area contributed by atoms with Crippen LogP contribution in [-0.2, 0) is 16.0 Å². The van der Waals surface area contributed by atoms with E-state index in [0.29, 0.717) is 23.1 Å². The van der Waals surface area contributed by atoms with Gasteiger partial charge < -0.3 is 15.0 Å². The van der Waals surface area contributed by atoms with E-state index in [-0.39, 0.29) is 5.91 Å². The molecule has 5 nitrogen and oxygen atoms in total. The summed E-state index contributed by atoms with van der Waals surface area (Å²) in [5.74, 6) is -0.269. The summed E-state index contributed by atoms with van der Waals surface area (Å²) in [7, 11) is 3.96. The fourth-order valence-electron chi connectivity index (χ4n) is 2.71. The van der Waals surface area contributed by atoms with Crippen LogP contribution in [0.1, 0.15) is 42.3 Å². The van der Waals surface area contributed by atoms with Gasteiger partial charge in [0.2, 0.25) is 5.91 Å². The molecule has 28 heavy (non-hydrogen) atoms. The maximum absolute atomic E-state index is 12.4. The molecule has 1 aromatic carbocycles. The molecule has 0 fully saturated rings. The van der Waals surface area contributed by atoms with Gasteiger partial charge in [-0.3, -0.25) is 4.79 Å². The summed E-state index contributed by atoms with van der Waals surface area (Å²) in [5, 5.41) is 5.28. The SMILES string of the molecule is CCOC(=O)c1c(CC(C)C)csc1NC(=O)/C=C/c1ccc(N(C)C)cc1. The van der Waals surface area contributed by atoms with Gasteiger partial charge in [-0.2, -0.15) is 0 Å². The monoisotopic (exact) mass is 400 g/mol. The Morgan fingerprint density at radius 2 is 1.89 bits per heavy atom. The van der Waals surface area contributed by atoms with Gasteiger partial charge in [0.25, 0.3) is 0 Å². The molecule has 0 aliphatic carbocycles. The lowest BCUT2D eigenvalue weighted by atomic mass is 10.0. The van der Waals surface area contributed by atoms with E-state index in [2.05, 4.69) is 19.2 Å². The fraction of sp³-hybridized carbons (Fsp3) is 0.364. The van der Waals surface area contributed by atoms with E-state index in [1.165, 1.54) is 17.4 Å². The molecule has 0 radical (unpaired) electrons. The molecule has 0 unspecified atom stereocenters. The van der Waals surface area contributed by atoms with Crippen LogP contribution in [0.3, 0.4) is 0 Å². The normalized spacial score (nSPS) is 11.1. The van der Waals surface area contributed by atoms with Crippen molar-refractivity contribution in [3.63, 3.8) is 0 Å². The molecule has 0 aliphatic heterocycles. The van der Waals surface area contributed by atoms with Crippen LogP contribution in [0, 0.1) is 5.92 Å². The summed E-state index contributed by atoms with van der Waals surface area (Å²) in [6.45, 7) is 6.26. The number of hydrogen-bond acceptors (Lipinski definition) is 5. The lowest BCUT2D eigenvalue weighted by molar-refractivity contribution is -0.111. The first-order valence-corrected chi connectivity index (χ1v) is 10.2. The molecule has 0 atom stereocenters. The quantitative estimate of drug-likeness (QED) is 0.509. The first-order chi connectivity index (χ1) is 13.3. The Hall–Kier alpha value is -2.60. The Morgan fingerprint density at radius 1 is 1.21 bits per heavy atom. The van der Waals surface area contributed by atoms with Gasteiger partial charge in [0, 0.05) is 25.9 Å². The molecule has 0 spiro atoms. The van der Waals surface area contributed by atoms with Crippen molar-refractivity contribution in [1.29, 1.82) is 0 Å². The number of thiophene rings is 1. The molecular weight excluding hydrogens is 372 g/mol. The molecule has 1 amide bonds. The van der Waals surface area contributed by atoms with Gasteiger partial charge in [-0.1, -0.05) is 26.0 Å². The average molecular weight is 401 g/mol. The van der Waals surface area contributed by atoms with Crippen LogP contribution in [0.2, 0.25) is 0 Å². The third kappa shape index (κ3) is 5.96. The van der Waals surface area contributed by atoms with Crippen molar-refractivity contribution in [2.24, 2.45) is 5.92 Å². The number of nitrogens with one attached hydrogen (secondary N) is 1. The molecule has 0 aliphatic rings. The van der Waals surface area contributed by atoms with Gasteiger partial charge in [0.05, 0.1) is 12.2 Å². The number of carbonyl (C=O) groups is 2. The van der Waals surface area contributed by atoms with Gasteiger partial charge >= 0.3 is 5.97 Å². The molecule has 2 aromatic rings. The Bertz CT molecular complexity index is 836. The van der Waals surface area contributed by atoms with Crippen LogP contribution in [0.5, 0.6) is 0 Å². The number of benzene rings is 1. The highest BCUT2D eigenvalue weighted by Gasteiger charge is 2.21. The molecule has 6 heteroatoms. The first-order valence-electron chi connectivity index (χ1n) is 9.35. The second-order valence-corrected chi connectivity index (χ2v) is 7.97. The standard InChI is InChI=1S/C22H28N2O3S/c1-6-27-22(26)20-17(13-15(2)3)14-28-21(20)23-19(25)12-9-16-7-10-18(11-8-16)24(4)5/h7-12,14-15H,6,13H2,1-5H3,(H,23,25)/b12-9+. The van der Waals surface area contributed by atoms with Crippen LogP contribution < -0.4 is 10.2 Å². The highest BCUT2D eigenvalue weighted by atomic mass is 32.1. The molecule has 1 aromatic heterocycles. The predicted molar refractivity (Wildman–Crippen MR) is 117 cm³/mol. The van der Waals surface area contributed by atoms with E-state index in [0.717, 1.165) is 23.2 Å². The second kappa shape index (κ2) is 10.1. The summed E-state index contributed by atoms with van der Waals surface area (Å²) in [6, 6.07) is 7.89. The van der Waals surface area contributed by atoms with E-state index < -0.39 is 5.97 Å². The number of esters is 1. The Morgan fingerprint density at radius 3 is 2.46 bits per heavy atom. The predicted octanol–water partition coefficient (Wildman–Crippen LogP) is 4.84. The van der Waals surface area contributed by atoms with Crippen LogP contribution in [0.4, 0.5) is 10.7 Å². The Balaban J connectivity index is 2.14. The number of nitrogens with zero attached hydrogens (tertiary/aromatic N) is 1. The van der Waals surface area contributed by atoms with Crippen molar-refractivity contribution in [2.75, 3.05) is 30.9 Å². The van der Waals surface area contributed by atoms with Crippen molar-refractivity contribution < 1.29 is 14.3 Å². The van der Waals surface area contributed by atoms with E-state index in [1.54, 1.807) is 13.0 Å². The van der Waals surface area contributed by atoms with Gasteiger partial charge in [-0.15, -0.1) is 11.3 Å². The van der Waals surface area contributed by atoms with Crippen LogP contribution in [0.15, 0.2) is 35.7 Å². The lowest BCUT2D eigenvalue weighted by Crippen LogP contribution is -2.13. The third-order valence-electron chi connectivity index (χ3n) is 4.05. The maximum Gasteiger partial charge on any atom is 0.341 e. The Labute approximate surface area is 171 Å². The van der Waals surface area contributed by atoms with E-state index >= 15 is 0 Å². The molecular formula is C22H28N2O3S. The largest absolute Gasteiger partial charge is 0.462 e. The molecule has 0 saturated carbocycles. The third-order valence-corrected chi connectivity index (χ3v) is 4.99. The zero-order valence-electron chi connectivity index (χ0n) is 17.1. The summed E-state index contributed by atoms with van der Waals surface area (Å²) in [5.41, 5.74) is 3.41. The summed E-state index contributed by atoms with van der Waals surface area (Å²) >= 11 is 1.36. The number of amides is 1. The van der Waals surface area contributed by atoms with Crippen LogP contribution in [0.25, 0.3) is 6.08 Å². The summed E-state index contributed by atoms with van der Waals surface area (Å²) < 4.78 is 5.18. The number of ether oxygens (including phenoxy) is 1. The minimum Gasteiger partial charge on any atom is -0.462 e. The average Bonchev–Trinajstić information content (AvgIpc) is 3.02. The van der Waals surface area contributed by atoms with Crippen LogP contribution >= 0.6 is 11.3 Å². The number of anilines is 2. The van der Waals surface area contributed by atoms with Crippen molar-refractivity contribution in [3.05, 3.63) is 52.4 Å². The van der Waals surface area contributed by atoms with Crippen molar-refractivity contribution in [3.8, 4) is 0 Å². The first kappa shape index (κ1) is 21.7. The lowest BCUT2D eigenvalue weighted by Gasteiger charge is -2.11. The molecule has 0 bridgehead atoms. The minimum atomic E-state index is -0.391. The smallest absolute Gasteiger partial charge is 0.341 e. The fourth-order valence-corrected chi connectivity index (χ4v) is 3.68. The van der Waals surface area contributed by atoms with Crippen molar-refractivity contribution in [2.45, 2.75) is 27.2 Å². The van der Waals surface area contributed by atoms with Gasteiger partial charge in [-0.25, -0.2) is 4.79 Å². The Kier molecular flexibility index (Phi) is 7.81. The maximum atomic E-state index is 12.4. The molecule has 150 valence electrons. The topological polar surface area (TPSA) is 58.6 Å². The molecule has 1 heterocycles. The van der Waals surface area contributed by atoms with Crippen LogP contribution in [-0.4, -0.2) is 32.6 Å². The zero-order valence-corrected chi connectivity index (χ0v) is 17.9. The van der Waals surface area contributed by atoms with Gasteiger partial charge in [-0.05, 0) is 54.0 Å². The number of carbonyl (C=O) groups excluding carboxylic acids is 2. The van der Waals surface area contributed by atoms with Gasteiger partial charge in [0.1, 0.15) is 5.00 Å². The minimum absolute atomic E-state index is 0.278. The van der Waals surface area contributed by atoms with Crippen molar-refractivity contribution >= 4 is 40.0 Å². The highest BCUT2D eigenvalue weighted by Crippen LogP contribution is 2.31. The number of rotatable bonds is 8. The number of hydrogen-bond donors (Lipinski definition) is 1. The van der Waals surface area contributed by atoms with E-state index in [9.17, 15) is 9.59 Å². The highest BCUT2D eigenvalue weighted by molar-refractivity contribution is 7.15.